The first-order chi connectivity index (χ1) is 8.79. The summed E-state index contributed by atoms with van der Waals surface area (Å²) in [4.78, 5) is 0. The maximum absolute atomic E-state index is 8.04. The Hall–Kier alpha value is -0.760. The third-order valence-corrected chi connectivity index (χ3v) is 1.04. The van der Waals surface area contributed by atoms with E-state index >= 15 is 0 Å². The van der Waals surface area contributed by atoms with Crippen molar-refractivity contribution in [2.24, 2.45) is 0 Å². The Morgan fingerprint density at radius 2 is 3.00 bits per heavy atom. The lowest BCUT2D eigenvalue weighted by atomic mass is 10.2. The lowest BCUT2D eigenvalue weighted by Crippen LogP contribution is -2.11. The second kappa shape index (κ2) is 2.46. The Morgan fingerprint density at radius 3 is 3.60 bits per heavy atom. The Labute approximate surface area is 74.3 Å². The summed E-state index contributed by atoms with van der Waals surface area (Å²) in [5, 5.41) is 1.85. The second-order valence-corrected chi connectivity index (χ2v) is 1.66. The van der Waals surface area contributed by atoms with Gasteiger partial charge >= 0.3 is 0 Å². The number of nitrogens with one attached hydrogen (secondary N) is 1. The zero-order valence-electron chi connectivity index (χ0n) is 14.9. The molecule has 1 aromatic rings. The molecular formula is C8H11NO. The highest BCUT2D eigenvalue weighted by Crippen LogP contribution is 2.22. The van der Waals surface area contributed by atoms with Crippen LogP contribution in [0.15, 0.2) is 22.7 Å². The van der Waals surface area contributed by atoms with Gasteiger partial charge in [0, 0.05) is 8.22 Å². The minimum Gasteiger partial charge on any atom is -0.468 e. The molecule has 1 aliphatic heterocycles. The Balaban J connectivity index is 2.70. The van der Waals surface area contributed by atoms with Crippen LogP contribution < -0.4 is 5.32 Å². The van der Waals surface area contributed by atoms with Crippen LogP contribution in [-0.4, -0.2) is 6.50 Å². The van der Waals surface area contributed by atoms with Crippen molar-refractivity contribution in [3.8, 4) is 0 Å². The molecule has 1 aliphatic rings. The van der Waals surface area contributed by atoms with Crippen molar-refractivity contribution >= 4 is 0 Å². The molecule has 0 bridgehead atoms. The highest BCUT2D eigenvalue weighted by molar-refractivity contribution is 5.05. The van der Waals surface area contributed by atoms with Crippen LogP contribution in [0.25, 0.3) is 0 Å². The summed E-state index contributed by atoms with van der Waals surface area (Å²) in [5.41, 5.74) is 0. The molecule has 2 heteroatoms. The van der Waals surface area contributed by atoms with E-state index < -0.39 is 49.3 Å². The normalized spacial score (nSPS) is 62.4. The van der Waals surface area contributed by atoms with E-state index in [9.17, 15) is 0 Å². The van der Waals surface area contributed by atoms with Crippen LogP contribution in [0, 0.1) is 0 Å². The van der Waals surface area contributed by atoms with Gasteiger partial charge in [0.2, 0.25) is 0 Å². The zero-order chi connectivity index (χ0) is 15.7. The third-order valence-electron chi connectivity index (χ3n) is 1.04. The Kier molecular flexibility index (Phi) is 0.377. The van der Waals surface area contributed by atoms with E-state index in [0.717, 1.165) is 0 Å². The van der Waals surface area contributed by atoms with Crippen LogP contribution in [-0.2, 0) is 0 Å². The van der Waals surface area contributed by atoms with Gasteiger partial charge in [-0.05, 0) is 31.3 Å². The van der Waals surface area contributed by atoms with Crippen molar-refractivity contribution in [2.75, 3.05) is 6.50 Å². The minimum absolute atomic E-state index is 0.669. The maximum atomic E-state index is 8.04. The van der Waals surface area contributed by atoms with Gasteiger partial charge in [0.25, 0.3) is 0 Å². The van der Waals surface area contributed by atoms with Gasteiger partial charge in [-0.3, -0.25) is 0 Å². The van der Waals surface area contributed by atoms with E-state index in [1.807, 2.05) is 5.32 Å². The van der Waals surface area contributed by atoms with Gasteiger partial charge < -0.3 is 9.73 Å². The molecular weight excluding hydrogens is 126 g/mol. The topological polar surface area (TPSA) is 25.2 Å². The molecule has 1 saturated heterocycles. The van der Waals surface area contributed by atoms with Crippen LogP contribution in [0.2, 0.25) is 0 Å². The van der Waals surface area contributed by atoms with Crippen LogP contribution in [0.4, 0.5) is 0 Å². The highest BCUT2D eigenvalue weighted by Gasteiger charge is 2.17. The third kappa shape index (κ3) is 0.948. The first kappa shape index (κ1) is 1.53. The average Bonchev–Trinajstić information content (AvgIpc) is 2.59. The molecule has 0 saturated carbocycles. The molecule has 0 radical (unpaired) electrons. The summed E-state index contributed by atoms with van der Waals surface area (Å²) in [6.45, 7) is -2.89. The molecule has 1 atom stereocenters. The second-order valence-electron chi connectivity index (χ2n) is 1.66. The quantitative estimate of drug-likeness (QED) is 0.654. The number of hydrogen-bond donors (Lipinski definition) is 1. The van der Waals surface area contributed by atoms with Crippen molar-refractivity contribution in [1.82, 2.24) is 5.32 Å². The van der Waals surface area contributed by atoms with Crippen molar-refractivity contribution in [3.05, 3.63) is 24.1 Å². The van der Waals surface area contributed by atoms with E-state index in [4.69, 9.17) is 18.1 Å². The van der Waals surface area contributed by atoms with Crippen LogP contribution in [0.1, 0.15) is 38.2 Å². The largest absolute Gasteiger partial charge is 0.468 e. The number of hydrogen-bond acceptors (Lipinski definition) is 2. The molecule has 0 spiro atoms. The van der Waals surface area contributed by atoms with E-state index in [1.165, 1.54) is 0 Å². The highest BCUT2D eigenvalue weighted by atomic mass is 16.3. The molecule has 1 N–H and O–H groups in total. The molecule has 1 fully saturated rings. The van der Waals surface area contributed by atoms with Crippen LogP contribution in [0.5, 0.6) is 0 Å². The number of furan rings is 1. The van der Waals surface area contributed by atoms with Gasteiger partial charge in [0.15, 0.2) is 0 Å². The fourth-order valence-corrected chi connectivity index (χ4v) is 0.630. The molecule has 0 aromatic carbocycles. The predicted molar refractivity (Wildman–Crippen MR) is 38.7 cm³/mol. The summed E-state index contributed by atoms with van der Waals surface area (Å²) in [5.74, 6) is -0.789. The van der Waals surface area contributed by atoms with E-state index in [1.54, 1.807) is 0 Å². The lowest BCUT2D eigenvalue weighted by Gasteiger charge is -2.03. The van der Waals surface area contributed by atoms with Crippen molar-refractivity contribution in [3.63, 3.8) is 0 Å². The van der Waals surface area contributed by atoms with Crippen LogP contribution in [0.3, 0.4) is 0 Å². The molecule has 2 rings (SSSR count). The zero-order valence-corrected chi connectivity index (χ0v) is 4.91. The summed E-state index contributed by atoms with van der Waals surface area (Å²) < 4.78 is 80.6. The van der Waals surface area contributed by atoms with Crippen molar-refractivity contribution in [1.29, 1.82) is 0 Å². The molecule has 0 aliphatic carbocycles. The molecule has 10 heavy (non-hydrogen) atoms. The molecule has 2 heterocycles. The standard InChI is InChI=1S/C8H11NO/c1-3-7(9-5-1)8-4-2-6-10-8/h2,4,6-7,9H,1,3,5H2/i1D2,2D,3D2,4D,5D2,6D,7D. The average molecular weight is 147 g/mol. The van der Waals surface area contributed by atoms with Gasteiger partial charge in [-0.1, -0.05) is 0 Å². The van der Waals surface area contributed by atoms with Gasteiger partial charge in [0.05, 0.1) is 16.4 Å². The first-order valence-corrected chi connectivity index (χ1v) is 2.66. The molecule has 2 nitrogen and oxygen atoms in total. The molecule has 0 amide bonds. The van der Waals surface area contributed by atoms with Gasteiger partial charge in [-0.15, -0.1) is 0 Å². The Bertz CT molecular complexity index is 566. The molecule has 1 aromatic heterocycles. The van der Waals surface area contributed by atoms with Crippen LogP contribution >= 0.6 is 0 Å². The summed E-state index contributed by atoms with van der Waals surface area (Å²) in [7, 11) is 0. The number of rotatable bonds is 1. The predicted octanol–water partition coefficient (Wildman–Crippen LogP) is 1.70. The first-order valence-electron chi connectivity index (χ1n) is 7.66. The summed E-state index contributed by atoms with van der Waals surface area (Å²) in [6, 6.07) is -4.17. The Morgan fingerprint density at radius 1 is 2.00 bits per heavy atom. The minimum atomic E-state index is -3.09. The van der Waals surface area contributed by atoms with Gasteiger partial charge in [0.1, 0.15) is 7.13 Å². The molecule has 1 unspecified atom stereocenters. The van der Waals surface area contributed by atoms with E-state index in [0.29, 0.717) is 0 Å². The monoisotopic (exact) mass is 147 g/mol. The van der Waals surface area contributed by atoms with Crippen molar-refractivity contribution < 1.29 is 18.1 Å². The summed E-state index contributed by atoms with van der Waals surface area (Å²) >= 11 is 0. The van der Waals surface area contributed by atoms with Gasteiger partial charge in [-0.25, -0.2) is 0 Å². The maximum Gasteiger partial charge on any atom is 0.120 e. The van der Waals surface area contributed by atoms with Gasteiger partial charge in [-0.2, -0.15) is 0 Å². The molecule has 54 valence electrons. The SMILES string of the molecule is [2H]c1oc(C2([2H])NC([2H])([2H])C([2H])([2H])C2([2H])[2H])c([2H])c1[2H]. The van der Waals surface area contributed by atoms with E-state index in [-0.39, 0.29) is 0 Å². The fourth-order valence-electron chi connectivity index (χ4n) is 0.630. The van der Waals surface area contributed by atoms with E-state index in [2.05, 4.69) is 0 Å². The summed E-state index contributed by atoms with van der Waals surface area (Å²) in [6.07, 6.45) is -6.93. The smallest absolute Gasteiger partial charge is 0.120 e. The fraction of sp³-hybridized carbons (Fsp3) is 0.500. The van der Waals surface area contributed by atoms with Crippen molar-refractivity contribution in [2.45, 2.75) is 18.8 Å². The lowest BCUT2D eigenvalue weighted by molar-refractivity contribution is 0.446.